The zero-order valence-electron chi connectivity index (χ0n) is 12.1. The Labute approximate surface area is 125 Å². The van der Waals surface area contributed by atoms with Crippen molar-refractivity contribution in [2.24, 2.45) is 11.3 Å². The SMILES string of the molecule is COc1ccc(CO)cc1S(=O)(=O)NCC1(C2CC2)CC1. The lowest BCUT2D eigenvalue weighted by atomic mass is 10.0. The van der Waals surface area contributed by atoms with E-state index in [2.05, 4.69) is 4.72 Å². The highest BCUT2D eigenvalue weighted by atomic mass is 32.2. The Hall–Kier alpha value is -1.11. The molecule has 0 amide bonds. The number of aliphatic hydroxyl groups is 1. The van der Waals surface area contributed by atoms with Gasteiger partial charge in [-0.05, 0) is 54.7 Å². The first-order valence-electron chi connectivity index (χ1n) is 7.28. The van der Waals surface area contributed by atoms with Crippen LogP contribution in [0.5, 0.6) is 5.75 Å². The summed E-state index contributed by atoms with van der Waals surface area (Å²) in [5.74, 6) is 1.00. The number of sulfonamides is 1. The van der Waals surface area contributed by atoms with E-state index >= 15 is 0 Å². The first-order valence-corrected chi connectivity index (χ1v) is 8.76. The predicted molar refractivity (Wildman–Crippen MR) is 78.5 cm³/mol. The maximum absolute atomic E-state index is 12.5. The van der Waals surface area contributed by atoms with Crippen LogP contribution >= 0.6 is 0 Å². The molecule has 1 aromatic carbocycles. The molecule has 1 aromatic rings. The number of nitrogens with one attached hydrogen (secondary N) is 1. The van der Waals surface area contributed by atoms with E-state index in [-0.39, 0.29) is 16.9 Å². The first kappa shape index (κ1) is 14.8. The van der Waals surface area contributed by atoms with E-state index in [1.54, 1.807) is 12.1 Å². The van der Waals surface area contributed by atoms with Crippen molar-refractivity contribution in [1.82, 2.24) is 4.72 Å². The Kier molecular flexibility index (Phi) is 3.71. The van der Waals surface area contributed by atoms with Crippen LogP contribution in [0.15, 0.2) is 23.1 Å². The summed E-state index contributed by atoms with van der Waals surface area (Å²) in [6.45, 7) is 0.311. The normalized spacial score (nSPS) is 20.3. The van der Waals surface area contributed by atoms with Gasteiger partial charge in [-0.15, -0.1) is 0 Å². The summed E-state index contributed by atoms with van der Waals surface area (Å²) in [6.07, 6.45) is 4.69. The minimum atomic E-state index is -3.62. The van der Waals surface area contributed by atoms with Crippen molar-refractivity contribution in [3.63, 3.8) is 0 Å². The van der Waals surface area contributed by atoms with Gasteiger partial charge in [-0.3, -0.25) is 0 Å². The average molecular weight is 311 g/mol. The van der Waals surface area contributed by atoms with Gasteiger partial charge in [0.1, 0.15) is 10.6 Å². The maximum Gasteiger partial charge on any atom is 0.244 e. The van der Waals surface area contributed by atoms with E-state index in [1.165, 1.54) is 26.0 Å². The Morgan fingerprint density at radius 2 is 2.10 bits per heavy atom. The molecular formula is C15H21NO4S. The van der Waals surface area contributed by atoms with Crippen LogP contribution in [0.4, 0.5) is 0 Å². The van der Waals surface area contributed by atoms with Gasteiger partial charge in [-0.1, -0.05) is 6.07 Å². The fourth-order valence-corrected chi connectivity index (χ4v) is 4.29. The molecule has 2 aliphatic rings. The lowest BCUT2D eigenvalue weighted by molar-refractivity contribution is 0.281. The van der Waals surface area contributed by atoms with Gasteiger partial charge < -0.3 is 9.84 Å². The molecule has 116 valence electrons. The minimum absolute atomic E-state index is 0.100. The molecule has 3 rings (SSSR count). The van der Waals surface area contributed by atoms with Crippen LogP contribution in [0.2, 0.25) is 0 Å². The topological polar surface area (TPSA) is 75.6 Å². The summed E-state index contributed by atoms with van der Waals surface area (Å²) in [6, 6.07) is 4.70. The van der Waals surface area contributed by atoms with Crippen LogP contribution in [0.1, 0.15) is 31.2 Å². The molecular weight excluding hydrogens is 290 g/mol. The van der Waals surface area contributed by atoms with Crippen LogP contribution in [0, 0.1) is 11.3 Å². The molecule has 0 heterocycles. The summed E-state index contributed by atoms with van der Waals surface area (Å²) in [7, 11) is -2.18. The van der Waals surface area contributed by atoms with Crippen molar-refractivity contribution in [2.45, 2.75) is 37.2 Å². The van der Waals surface area contributed by atoms with Crippen LogP contribution < -0.4 is 9.46 Å². The van der Waals surface area contributed by atoms with Crippen LogP contribution in [-0.4, -0.2) is 27.2 Å². The van der Waals surface area contributed by atoms with Gasteiger partial charge in [0.2, 0.25) is 10.0 Å². The lowest BCUT2D eigenvalue weighted by Crippen LogP contribution is -2.31. The molecule has 5 nitrogen and oxygen atoms in total. The third-order valence-corrected chi connectivity index (χ3v) is 6.07. The number of ether oxygens (including phenoxy) is 1. The van der Waals surface area contributed by atoms with E-state index in [1.807, 2.05) is 0 Å². The second-order valence-corrected chi connectivity index (χ2v) is 7.84. The van der Waals surface area contributed by atoms with Gasteiger partial charge in [0.05, 0.1) is 13.7 Å². The molecule has 2 aliphatic carbocycles. The minimum Gasteiger partial charge on any atom is -0.495 e. The summed E-state index contributed by atoms with van der Waals surface area (Å²) >= 11 is 0. The number of rotatable bonds is 7. The first-order chi connectivity index (χ1) is 10.0. The van der Waals surface area contributed by atoms with Crippen molar-refractivity contribution >= 4 is 10.0 Å². The summed E-state index contributed by atoms with van der Waals surface area (Å²) in [4.78, 5) is 0.100. The highest BCUT2D eigenvalue weighted by Gasteiger charge is 2.53. The van der Waals surface area contributed by atoms with Gasteiger partial charge in [0.15, 0.2) is 0 Å². The van der Waals surface area contributed by atoms with E-state index in [0.29, 0.717) is 23.8 Å². The smallest absolute Gasteiger partial charge is 0.244 e. The Morgan fingerprint density at radius 1 is 1.38 bits per heavy atom. The lowest BCUT2D eigenvalue weighted by Gasteiger charge is -2.16. The average Bonchev–Trinajstić information content (AvgIpc) is 3.37. The van der Waals surface area contributed by atoms with Crippen molar-refractivity contribution in [3.8, 4) is 5.75 Å². The predicted octanol–water partition coefficient (Wildman–Crippen LogP) is 1.66. The molecule has 0 saturated heterocycles. The number of methoxy groups -OCH3 is 1. The van der Waals surface area contributed by atoms with Gasteiger partial charge in [-0.2, -0.15) is 0 Å². The van der Waals surface area contributed by atoms with Gasteiger partial charge in [-0.25, -0.2) is 13.1 Å². The van der Waals surface area contributed by atoms with Gasteiger partial charge >= 0.3 is 0 Å². The molecule has 0 aliphatic heterocycles. The van der Waals surface area contributed by atoms with E-state index < -0.39 is 10.0 Å². The molecule has 2 fully saturated rings. The molecule has 0 aromatic heterocycles. The fourth-order valence-electron chi connectivity index (χ4n) is 2.93. The molecule has 0 unspecified atom stereocenters. The zero-order valence-corrected chi connectivity index (χ0v) is 12.9. The third kappa shape index (κ3) is 2.93. The quantitative estimate of drug-likeness (QED) is 0.803. The molecule has 0 atom stereocenters. The summed E-state index contributed by atoms with van der Waals surface area (Å²) < 4.78 is 32.9. The van der Waals surface area contributed by atoms with E-state index in [0.717, 1.165) is 12.8 Å². The number of aliphatic hydroxyl groups excluding tert-OH is 1. The second kappa shape index (κ2) is 5.26. The largest absolute Gasteiger partial charge is 0.495 e. The molecule has 0 radical (unpaired) electrons. The molecule has 0 bridgehead atoms. The standard InChI is InChI=1S/C15H21NO4S/c1-20-13-5-2-11(9-17)8-14(13)21(18,19)16-10-15(6-7-15)12-3-4-12/h2,5,8,12,16-17H,3-4,6-7,9-10H2,1H3. The van der Waals surface area contributed by atoms with Crippen molar-refractivity contribution in [2.75, 3.05) is 13.7 Å². The number of hydrogen-bond donors (Lipinski definition) is 2. The monoisotopic (exact) mass is 311 g/mol. The second-order valence-electron chi connectivity index (χ2n) is 6.10. The van der Waals surface area contributed by atoms with E-state index in [4.69, 9.17) is 4.74 Å². The van der Waals surface area contributed by atoms with Gasteiger partial charge in [0.25, 0.3) is 0 Å². The van der Waals surface area contributed by atoms with Crippen LogP contribution in [0.3, 0.4) is 0 Å². The highest BCUT2D eigenvalue weighted by molar-refractivity contribution is 7.89. The van der Waals surface area contributed by atoms with Crippen molar-refractivity contribution < 1.29 is 18.3 Å². The molecule has 0 spiro atoms. The Morgan fingerprint density at radius 3 is 2.62 bits per heavy atom. The summed E-state index contributed by atoms with van der Waals surface area (Å²) in [5.41, 5.74) is 0.758. The fraction of sp³-hybridized carbons (Fsp3) is 0.600. The molecule has 21 heavy (non-hydrogen) atoms. The van der Waals surface area contributed by atoms with Gasteiger partial charge in [0, 0.05) is 6.54 Å². The number of hydrogen-bond acceptors (Lipinski definition) is 4. The van der Waals surface area contributed by atoms with Crippen molar-refractivity contribution in [3.05, 3.63) is 23.8 Å². The Bertz CT molecular complexity index is 633. The molecule has 2 saturated carbocycles. The Balaban J connectivity index is 1.80. The van der Waals surface area contributed by atoms with Crippen LogP contribution in [-0.2, 0) is 16.6 Å². The zero-order chi connectivity index (χ0) is 15.1. The molecule has 2 N–H and O–H groups in total. The maximum atomic E-state index is 12.5. The number of benzene rings is 1. The summed E-state index contributed by atoms with van der Waals surface area (Å²) in [5, 5.41) is 9.19. The third-order valence-electron chi connectivity index (χ3n) is 4.65. The van der Waals surface area contributed by atoms with E-state index in [9.17, 15) is 13.5 Å². The van der Waals surface area contributed by atoms with Crippen LogP contribution in [0.25, 0.3) is 0 Å². The molecule has 6 heteroatoms. The van der Waals surface area contributed by atoms with Crippen molar-refractivity contribution in [1.29, 1.82) is 0 Å². The highest BCUT2D eigenvalue weighted by Crippen LogP contribution is 2.60.